The van der Waals surface area contributed by atoms with E-state index in [2.05, 4.69) is 50.4 Å². The minimum absolute atomic E-state index is 0.213. The quantitative estimate of drug-likeness (QED) is 0.395. The van der Waals surface area contributed by atoms with Crippen molar-refractivity contribution in [1.29, 1.82) is 5.26 Å². The van der Waals surface area contributed by atoms with Gasteiger partial charge in [-0.25, -0.2) is 9.50 Å². The van der Waals surface area contributed by atoms with Crippen molar-refractivity contribution in [2.24, 2.45) is 13.0 Å². The molecule has 5 aromatic rings. The zero-order valence-electron chi connectivity index (χ0n) is 20.6. The van der Waals surface area contributed by atoms with Gasteiger partial charge in [0.25, 0.3) is 0 Å². The van der Waals surface area contributed by atoms with Crippen LogP contribution >= 0.6 is 0 Å². The van der Waals surface area contributed by atoms with Gasteiger partial charge in [0.2, 0.25) is 0 Å². The second-order valence-corrected chi connectivity index (χ2v) is 9.57. The molecule has 37 heavy (non-hydrogen) atoms. The van der Waals surface area contributed by atoms with Crippen LogP contribution in [0, 0.1) is 17.2 Å². The molecule has 6 heterocycles. The van der Waals surface area contributed by atoms with Gasteiger partial charge in [-0.1, -0.05) is 6.07 Å². The number of aromatic nitrogens is 6. The Labute approximate surface area is 214 Å². The summed E-state index contributed by atoms with van der Waals surface area (Å²) in [4.78, 5) is 11.6. The van der Waals surface area contributed by atoms with Gasteiger partial charge in [-0.05, 0) is 55.5 Å². The van der Waals surface area contributed by atoms with E-state index in [4.69, 9.17) is 10.7 Å². The lowest BCUT2D eigenvalue weighted by Crippen LogP contribution is -2.34. The minimum Gasteiger partial charge on any atom is -0.381 e. The topological polar surface area (TPSA) is 114 Å². The van der Waals surface area contributed by atoms with E-state index >= 15 is 0 Å². The van der Waals surface area contributed by atoms with Crippen LogP contribution in [0.5, 0.6) is 0 Å². The van der Waals surface area contributed by atoms with E-state index in [1.54, 1.807) is 9.20 Å². The first-order chi connectivity index (χ1) is 18.1. The number of nitrogens with zero attached hydrogens (tertiary/aromatic N) is 8. The molecule has 5 aromatic heterocycles. The van der Waals surface area contributed by atoms with Gasteiger partial charge in [-0.15, -0.1) is 5.10 Å². The van der Waals surface area contributed by atoms with E-state index in [1.165, 1.54) is 5.69 Å². The third kappa shape index (κ3) is 4.38. The normalized spacial score (nSPS) is 14.2. The lowest BCUT2D eigenvalue weighted by molar-refractivity contribution is 0.399. The molecular formula is C28H27N9. The number of nitriles is 1. The van der Waals surface area contributed by atoms with Crippen molar-refractivity contribution in [2.75, 3.05) is 23.7 Å². The second-order valence-electron chi connectivity index (χ2n) is 9.57. The fourth-order valence-electron chi connectivity index (χ4n) is 5.17. The van der Waals surface area contributed by atoms with Crippen molar-refractivity contribution < 1.29 is 0 Å². The smallest absolute Gasteiger partial charge is 0.164 e. The molecule has 0 aromatic carbocycles. The zero-order chi connectivity index (χ0) is 25.4. The van der Waals surface area contributed by atoms with Crippen molar-refractivity contribution in [3.63, 3.8) is 0 Å². The number of nitrogens with two attached hydrogens (primary N) is 1. The first-order valence-electron chi connectivity index (χ1n) is 12.4. The van der Waals surface area contributed by atoms with Gasteiger partial charge >= 0.3 is 0 Å². The molecule has 9 nitrogen and oxygen atoms in total. The maximum atomic E-state index is 9.77. The van der Waals surface area contributed by atoms with Crippen LogP contribution in [0.1, 0.15) is 24.1 Å². The third-order valence-corrected chi connectivity index (χ3v) is 7.13. The fourth-order valence-corrected chi connectivity index (χ4v) is 5.17. The highest BCUT2D eigenvalue weighted by Gasteiger charge is 2.22. The van der Waals surface area contributed by atoms with E-state index in [-0.39, 0.29) is 5.82 Å². The van der Waals surface area contributed by atoms with E-state index in [9.17, 15) is 5.26 Å². The number of aryl methyl sites for hydroxylation is 1. The van der Waals surface area contributed by atoms with E-state index < -0.39 is 0 Å². The number of fused-ring (bicyclic) bond motifs is 1. The number of nitrogen functional groups attached to an aromatic ring is 1. The summed E-state index contributed by atoms with van der Waals surface area (Å²) in [5.74, 6) is 1.82. The van der Waals surface area contributed by atoms with Crippen LogP contribution in [-0.4, -0.2) is 42.5 Å². The number of pyridine rings is 3. The first kappa shape index (κ1) is 22.7. The fraction of sp³-hybridized carbons (Fsp3) is 0.250. The monoisotopic (exact) mass is 489 g/mol. The van der Waals surface area contributed by atoms with Crippen LogP contribution in [0.3, 0.4) is 0 Å². The van der Waals surface area contributed by atoms with Gasteiger partial charge in [-0.2, -0.15) is 10.4 Å². The summed E-state index contributed by atoms with van der Waals surface area (Å²) in [6.45, 7) is 1.95. The van der Waals surface area contributed by atoms with Crippen molar-refractivity contribution in [1.82, 2.24) is 29.4 Å². The lowest BCUT2D eigenvalue weighted by atomic mass is 9.92. The average Bonchev–Trinajstić information content (AvgIpc) is 3.51. The molecule has 2 N–H and O–H groups in total. The Hall–Kier alpha value is -4.71. The van der Waals surface area contributed by atoms with E-state index in [1.807, 2.05) is 50.2 Å². The standard InChI is InChI=1S/C28H27N9/c1-35-17-22(16-33-35)21-13-24(27-25(14-29)28(30)34-37(27)18-21)20-5-6-26(32-15-20)36-10-7-19(8-11-36)12-23-4-2-3-9-31-23/h2-6,9,13,15-19H,7-8,10-12H2,1H3,(H2,30,34). The van der Waals surface area contributed by atoms with Crippen molar-refractivity contribution in [3.05, 3.63) is 78.6 Å². The third-order valence-electron chi connectivity index (χ3n) is 7.13. The van der Waals surface area contributed by atoms with Crippen LogP contribution < -0.4 is 10.6 Å². The molecule has 0 spiro atoms. The van der Waals surface area contributed by atoms with E-state index in [0.29, 0.717) is 17.0 Å². The molecule has 0 amide bonds. The first-order valence-corrected chi connectivity index (χ1v) is 12.4. The predicted molar refractivity (Wildman–Crippen MR) is 143 cm³/mol. The summed E-state index contributed by atoms with van der Waals surface area (Å²) in [6, 6.07) is 14.5. The molecule has 184 valence electrons. The van der Waals surface area contributed by atoms with Gasteiger partial charge in [0.1, 0.15) is 17.5 Å². The summed E-state index contributed by atoms with van der Waals surface area (Å²) in [7, 11) is 1.88. The zero-order valence-corrected chi connectivity index (χ0v) is 20.6. The Morgan fingerprint density at radius 2 is 1.89 bits per heavy atom. The summed E-state index contributed by atoms with van der Waals surface area (Å²) in [5, 5.41) is 18.5. The predicted octanol–water partition coefficient (Wildman–Crippen LogP) is 4.10. The van der Waals surface area contributed by atoms with Crippen molar-refractivity contribution >= 4 is 17.2 Å². The maximum Gasteiger partial charge on any atom is 0.164 e. The molecule has 1 saturated heterocycles. The highest BCUT2D eigenvalue weighted by atomic mass is 15.3. The highest BCUT2D eigenvalue weighted by Crippen LogP contribution is 2.34. The van der Waals surface area contributed by atoms with Gasteiger partial charge in [0.05, 0.1) is 11.7 Å². The number of hydrogen-bond donors (Lipinski definition) is 1. The molecule has 0 atom stereocenters. The molecular weight excluding hydrogens is 462 g/mol. The molecule has 0 bridgehead atoms. The molecule has 0 saturated carbocycles. The average molecular weight is 490 g/mol. The van der Waals surface area contributed by atoms with Gasteiger partial charge < -0.3 is 10.6 Å². The van der Waals surface area contributed by atoms with Crippen LogP contribution in [0.15, 0.2) is 67.4 Å². The Bertz CT molecular complexity index is 1580. The Morgan fingerprint density at radius 3 is 2.57 bits per heavy atom. The second kappa shape index (κ2) is 9.39. The molecule has 1 aliphatic heterocycles. The molecule has 1 aliphatic rings. The number of hydrogen-bond acceptors (Lipinski definition) is 7. The van der Waals surface area contributed by atoms with Crippen molar-refractivity contribution in [2.45, 2.75) is 19.3 Å². The largest absolute Gasteiger partial charge is 0.381 e. The van der Waals surface area contributed by atoms with Gasteiger partial charge in [0, 0.05) is 72.9 Å². The van der Waals surface area contributed by atoms with Crippen LogP contribution in [0.25, 0.3) is 27.8 Å². The van der Waals surface area contributed by atoms with Crippen LogP contribution in [-0.2, 0) is 13.5 Å². The molecule has 0 unspecified atom stereocenters. The Kier molecular flexibility index (Phi) is 5.77. The molecule has 6 rings (SSSR count). The highest BCUT2D eigenvalue weighted by molar-refractivity contribution is 5.90. The van der Waals surface area contributed by atoms with Gasteiger partial charge in [0.15, 0.2) is 5.82 Å². The number of anilines is 2. The molecule has 0 radical (unpaired) electrons. The Morgan fingerprint density at radius 1 is 1.03 bits per heavy atom. The SMILES string of the molecule is Cn1cc(-c2cc(-c3ccc(N4CCC(Cc5ccccn5)CC4)nc3)c3c(C#N)c(N)nn3c2)cn1. The number of piperidine rings is 1. The summed E-state index contributed by atoms with van der Waals surface area (Å²) >= 11 is 0. The number of rotatable bonds is 5. The molecule has 0 aliphatic carbocycles. The maximum absolute atomic E-state index is 9.77. The summed E-state index contributed by atoms with van der Waals surface area (Å²) < 4.78 is 3.44. The molecule has 1 fully saturated rings. The van der Waals surface area contributed by atoms with Crippen LogP contribution in [0.2, 0.25) is 0 Å². The minimum atomic E-state index is 0.213. The Balaban J connectivity index is 1.27. The summed E-state index contributed by atoms with van der Waals surface area (Å²) in [5.41, 5.74) is 11.9. The van der Waals surface area contributed by atoms with Gasteiger partial charge in [-0.3, -0.25) is 9.67 Å². The molecule has 9 heteroatoms. The van der Waals surface area contributed by atoms with Crippen LogP contribution in [0.4, 0.5) is 11.6 Å². The van der Waals surface area contributed by atoms with E-state index in [0.717, 1.165) is 60.4 Å². The lowest BCUT2D eigenvalue weighted by Gasteiger charge is -2.32. The van der Waals surface area contributed by atoms with Crippen molar-refractivity contribution in [3.8, 4) is 28.3 Å². The summed E-state index contributed by atoms with van der Waals surface area (Å²) in [6.07, 6.45) is 12.6.